The number of hydrogen-bond donors (Lipinski definition) is 0. The van der Waals surface area contributed by atoms with Crippen LogP contribution in [-0.2, 0) is 0 Å². The molecule has 1 unspecified atom stereocenters. The van der Waals surface area contributed by atoms with E-state index in [1.807, 2.05) is 54.6 Å². The average Bonchev–Trinajstić information content (AvgIpc) is 2.39. The predicted octanol–water partition coefficient (Wildman–Crippen LogP) is 4.22. The molecule has 0 aliphatic rings. The van der Waals surface area contributed by atoms with Gasteiger partial charge < -0.3 is 0 Å². The average molecular weight is 245 g/mol. The zero-order chi connectivity index (χ0) is 12.3. The second kappa shape index (κ2) is 5.15. The molecule has 0 aliphatic carbocycles. The van der Waals surface area contributed by atoms with Gasteiger partial charge in [-0.05, 0) is 18.1 Å². The zero-order valence-corrected chi connectivity index (χ0v) is 10.3. The first-order valence-corrected chi connectivity index (χ1v) is 5.92. The van der Waals surface area contributed by atoms with Gasteiger partial charge >= 0.3 is 0 Å². The summed E-state index contributed by atoms with van der Waals surface area (Å²) >= 11 is 6.38. The Hall–Kier alpha value is -1.60. The minimum Gasteiger partial charge on any atom is -0.295 e. The van der Waals surface area contributed by atoms with Gasteiger partial charge in [-0.3, -0.25) is 4.79 Å². The van der Waals surface area contributed by atoms with E-state index in [9.17, 15) is 4.79 Å². The largest absolute Gasteiger partial charge is 0.295 e. The van der Waals surface area contributed by atoms with Crippen molar-refractivity contribution in [3.8, 4) is 0 Å². The summed E-state index contributed by atoms with van der Waals surface area (Å²) in [6.45, 7) is 1.56. The summed E-state index contributed by atoms with van der Waals surface area (Å²) in [4.78, 5) is 11.2. The van der Waals surface area contributed by atoms with Crippen LogP contribution in [0.4, 0.5) is 0 Å². The number of Topliss-reactive ketones (excluding diaryl/α,β-unsaturated/α-hetero) is 1. The molecule has 0 aliphatic heterocycles. The maximum absolute atomic E-state index is 11.2. The first-order chi connectivity index (χ1) is 8.18. The van der Waals surface area contributed by atoms with Crippen LogP contribution in [0.5, 0.6) is 0 Å². The molecule has 0 radical (unpaired) electrons. The Morgan fingerprint density at radius 3 is 2.00 bits per heavy atom. The molecule has 2 aromatic carbocycles. The molecule has 2 aromatic rings. The van der Waals surface area contributed by atoms with Crippen LogP contribution in [-0.4, -0.2) is 5.78 Å². The van der Waals surface area contributed by atoms with Crippen molar-refractivity contribution in [2.24, 2.45) is 0 Å². The second-order valence-electron chi connectivity index (χ2n) is 3.95. The van der Waals surface area contributed by atoms with Crippen molar-refractivity contribution in [2.75, 3.05) is 0 Å². The van der Waals surface area contributed by atoms with Crippen LogP contribution in [0, 0.1) is 0 Å². The highest BCUT2D eigenvalue weighted by atomic mass is 35.5. The lowest BCUT2D eigenvalue weighted by Gasteiger charge is -2.10. The molecule has 0 aromatic heterocycles. The highest BCUT2D eigenvalue weighted by Crippen LogP contribution is 2.28. The van der Waals surface area contributed by atoms with Crippen molar-refractivity contribution in [3.63, 3.8) is 0 Å². The van der Waals surface area contributed by atoms with Crippen LogP contribution < -0.4 is 0 Å². The molecule has 0 N–H and O–H groups in total. The third-order valence-corrected chi connectivity index (χ3v) is 3.21. The normalized spacial score (nSPS) is 12.1. The van der Waals surface area contributed by atoms with Crippen molar-refractivity contribution in [1.29, 1.82) is 0 Å². The molecule has 0 spiro atoms. The van der Waals surface area contributed by atoms with E-state index in [0.29, 0.717) is 5.56 Å². The van der Waals surface area contributed by atoms with E-state index >= 15 is 0 Å². The molecule has 2 heteroatoms. The van der Waals surface area contributed by atoms with Crippen molar-refractivity contribution >= 4 is 17.4 Å². The highest BCUT2D eigenvalue weighted by molar-refractivity contribution is 6.22. The van der Waals surface area contributed by atoms with Crippen LogP contribution in [0.25, 0.3) is 0 Å². The Morgan fingerprint density at radius 2 is 1.47 bits per heavy atom. The Morgan fingerprint density at radius 1 is 0.941 bits per heavy atom. The zero-order valence-electron chi connectivity index (χ0n) is 9.56. The predicted molar refractivity (Wildman–Crippen MR) is 70.6 cm³/mol. The summed E-state index contributed by atoms with van der Waals surface area (Å²) in [6.07, 6.45) is 0. The summed E-state index contributed by atoms with van der Waals surface area (Å²) in [5, 5.41) is -0.169. The van der Waals surface area contributed by atoms with E-state index in [4.69, 9.17) is 11.6 Å². The lowest BCUT2D eigenvalue weighted by molar-refractivity contribution is 0.101. The van der Waals surface area contributed by atoms with Gasteiger partial charge in [0.05, 0.1) is 5.38 Å². The van der Waals surface area contributed by atoms with Gasteiger partial charge in [-0.15, -0.1) is 11.6 Å². The molecule has 1 nitrogen and oxygen atoms in total. The van der Waals surface area contributed by atoms with E-state index in [-0.39, 0.29) is 11.2 Å². The number of benzene rings is 2. The quantitative estimate of drug-likeness (QED) is 0.584. The van der Waals surface area contributed by atoms with Gasteiger partial charge in [0.1, 0.15) is 0 Å². The molecule has 0 saturated heterocycles. The number of alkyl halides is 1. The van der Waals surface area contributed by atoms with E-state index in [0.717, 1.165) is 11.1 Å². The Labute approximate surface area is 106 Å². The van der Waals surface area contributed by atoms with Crippen molar-refractivity contribution in [1.82, 2.24) is 0 Å². The van der Waals surface area contributed by atoms with Crippen LogP contribution in [0.15, 0.2) is 54.6 Å². The summed E-state index contributed by atoms with van der Waals surface area (Å²) in [6, 6.07) is 17.3. The fourth-order valence-corrected chi connectivity index (χ4v) is 1.99. The fourth-order valence-electron chi connectivity index (χ4n) is 1.70. The van der Waals surface area contributed by atoms with E-state index in [1.165, 1.54) is 0 Å². The number of halogens is 1. The van der Waals surface area contributed by atoms with E-state index in [2.05, 4.69) is 0 Å². The Kier molecular flexibility index (Phi) is 3.60. The molecule has 2 rings (SSSR count). The summed E-state index contributed by atoms with van der Waals surface area (Å²) in [7, 11) is 0. The lowest BCUT2D eigenvalue weighted by Crippen LogP contribution is -1.95. The minimum atomic E-state index is -0.169. The molecule has 0 amide bonds. The number of ketones is 1. The van der Waals surface area contributed by atoms with Crippen molar-refractivity contribution in [3.05, 3.63) is 71.3 Å². The van der Waals surface area contributed by atoms with Gasteiger partial charge in [-0.2, -0.15) is 0 Å². The smallest absolute Gasteiger partial charge is 0.159 e. The lowest BCUT2D eigenvalue weighted by atomic mass is 10.0. The molecular weight excluding hydrogens is 232 g/mol. The molecule has 17 heavy (non-hydrogen) atoms. The van der Waals surface area contributed by atoms with Crippen LogP contribution >= 0.6 is 11.6 Å². The van der Waals surface area contributed by atoms with Crippen molar-refractivity contribution in [2.45, 2.75) is 12.3 Å². The van der Waals surface area contributed by atoms with Gasteiger partial charge in [0.25, 0.3) is 0 Å². The molecule has 0 bridgehead atoms. The first-order valence-electron chi connectivity index (χ1n) is 5.48. The molecule has 86 valence electrons. The second-order valence-corrected chi connectivity index (χ2v) is 4.39. The van der Waals surface area contributed by atoms with Gasteiger partial charge in [-0.25, -0.2) is 0 Å². The van der Waals surface area contributed by atoms with Gasteiger partial charge in [0.2, 0.25) is 0 Å². The molecular formula is C15H13ClO. The van der Waals surface area contributed by atoms with Crippen molar-refractivity contribution < 1.29 is 4.79 Å². The summed E-state index contributed by atoms with van der Waals surface area (Å²) in [5.41, 5.74) is 2.78. The van der Waals surface area contributed by atoms with E-state index in [1.54, 1.807) is 6.92 Å². The molecule has 0 saturated carbocycles. The van der Waals surface area contributed by atoms with Gasteiger partial charge in [-0.1, -0.05) is 54.6 Å². The van der Waals surface area contributed by atoms with Gasteiger partial charge in [0.15, 0.2) is 5.78 Å². The number of carbonyl (C=O) groups excluding carboxylic acids is 1. The molecule has 0 fully saturated rings. The Bertz CT molecular complexity index is 502. The van der Waals surface area contributed by atoms with Crippen LogP contribution in [0.1, 0.15) is 33.8 Å². The SMILES string of the molecule is CC(=O)c1ccc(C(Cl)c2ccccc2)cc1. The number of carbonyl (C=O) groups is 1. The monoisotopic (exact) mass is 244 g/mol. The first kappa shape index (κ1) is 11.9. The van der Waals surface area contributed by atoms with E-state index < -0.39 is 0 Å². The molecule has 0 heterocycles. The van der Waals surface area contributed by atoms with Gasteiger partial charge in [0, 0.05) is 5.56 Å². The third-order valence-electron chi connectivity index (χ3n) is 2.70. The van der Waals surface area contributed by atoms with Crippen LogP contribution in [0.3, 0.4) is 0 Å². The number of rotatable bonds is 3. The van der Waals surface area contributed by atoms with Crippen LogP contribution in [0.2, 0.25) is 0 Å². The third kappa shape index (κ3) is 2.75. The summed E-state index contributed by atoms with van der Waals surface area (Å²) < 4.78 is 0. The highest BCUT2D eigenvalue weighted by Gasteiger charge is 2.10. The summed E-state index contributed by atoms with van der Waals surface area (Å²) in [5.74, 6) is 0.0717. The maximum atomic E-state index is 11.2. The topological polar surface area (TPSA) is 17.1 Å². The standard InChI is InChI=1S/C15H13ClO/c1-11(17)12-7-9-14(10-8-12)15(16)13-5-3-2-4-6-13/h2-10,15H,1H3. The minimum absolute atomic E-state index is 0.0717. The number of hydrogen-bond acceptors (Lipinski definition) is 1. The molecule has 1 atom stereocenters. The Balaban J connectivity index is 2.26. The fraction of sp³-hybridized carbons (Fsp3) is 0.133. The maximum Gasteiger partial charge on any atom is 0.159 e.